The molecule has 1 unspecified atom stereocenters. The molecule has 0 aliphatic rings. The zero-order valence-corrected chi connectivity index (χ0v) is 17.0. The number of rotatable bonds is 7. The van der Waals surface area contributed by atoms with E-state index in [0.29, 0.717) is 11.4 Å². The van der Waals surface area contributed by atoms with E-state index in [1.54, 1.807) is 47.7 Å². The van der Waals surface area contributed by atoms with Crippen LogP contribution < -0.4 is 10.0 Å². The first-order valence-electron chi connectivity index (χ1n) is 8.78. The first kappa shape index (κ1) is 20.4. The van der Waals surface area contributed by atoms with Gasteiger partial charge in [0.2, 0.25) is 10.0 Å². The highest BCUT2D eigenvalue weighted by molar-refractivity contribution is 7.92. The number of sulfonamides is 1. The second-order valence-electron chi connectivity index (χ2n) is 6.66. The van der Waals surface area contributed by atoms with Crippen molar-refractivity contribution in [1.82, 2.24) is 30.3 Å². The molecule has 2 heterocycles. The lowest BCUT2D eigenvalue weighted by molar-refractivity contribution is 0.0948. The third-order valence-electron chi connectivity index (χ3n) is 4.06. The molecule has 1 amide bonds. The number of hydrogen-bond donors (Lipinski definition) is 2. The van der Waals surface area contributed by atoms with Crippen LogP contribution >= 0.6 is 0 Å². The molecule has 0 bridgehead atoms. The smallest absolute Gasteiger partial charge is 0.253 e. The van der Waals surface area contributed by atoms with Crippen LogP contribution in [0, 0.1) is 6.92 Å². The fourth-order valence-electron chi connectivity index (χ4n) is 2.60. The van der Waals surface area contributed by atoms with Crippen LogP contribution in [0.3, 0.4) is 0 Å². The van der Waals surface area contributed by atoms with Crippen LogP contribution in [0.4, 0.5) is 5.69 Å². The van der Waals surface area contributed by atoms with Crippen LogP contribution in [0.5, 0.6) is 0 Å². The van der Waals surface area contributed by atoms with Gasteiger partial charge in [-0.3, -0.25) is 19.5 Å². The number of hydrogen-bond acceptors (Lipinski definition) is 7. The summed E-state index contributed by atoms with van der Waals surface area (Å²) in [5.41, 5.74) is 2.50. The molecule has 3 rings (SSSR count). The average Bonchev–Trinajstić information content (AvgIpc) is 3.17. The molecule has 0 radical (unpaired) electrons. The lowest BCUT2D eigenvalue weighted by Crippen LogP contribution is -2.30. The van der Waals surface area contributed by atoms with E-state index in [1.807, 2.05) is 13.8 Å². The van der Waals surface area contributed by atoms with Gasteiger partial charge >= 0.3 is 0 Å². The van der Waals surface area contributed by atoms with Gasteiger partial charge in [0.25, 0.3) is 5.91 Å². The standard InChI is InChI=1S/C18H21N7O3S/c1-12-4-5-15(23-29(3,27)28)14(8-12)18(26)21-9-13(2)25-11-17(22-24-25)16-10-19-6-7-20-16/h4-8,10-11,13,23H,9H2,1-3H3,(H,21,26). The molecule has 29 heavy (non-hydrogen) atoms. The number of carbonyl (C=O) groups is 1. The summed E-state index contributed by atoms with van der Waals surface area (Å²) >= 11 is 0. The molecule has 2 N–H and O–H groups in total. The fraction of sp³-hybridized carbons (Fsp3) is 0.278. The summed E-state index contributed by atoms with van der Waals surface area (Å²) in [4.78, 5) is 20.8. The number of carbonyl (C=O) groups excluding carboxylic acids is 1. The lowest BCUT2D eigenvalue weighted by Gasteiger charge is -2.15. The Labute approximate surface area is 168 Å². The van der Waals surface area contributed by atoms with Gasteiger partial charge in [-0.2, -0.15) is 0 Å². The number of aryl methyl sites for hydroxylation is 1. The van der Waals surface area contributed by atoms with Crippen LogP contribution in [0.2, 0.25) is 0 Å². The summed E-state index contributed by atoms with van der Waals surface area (Å²) in [5.74, 6) is -0.388. The van der Waals surface area contributed by atoms with Crippen molar-refractivity contribution in [2.75, 3.05) is 17.5 Å². The van der Waals surface area contributed by atoms with Crippen molar-refractivity contribution in [2.24, 2.45) is 0 Å². The Balaban J connectivity index is 1.70. The number of benzene rings is 1. The highest BCUT2D eigenvalue weighted by atomic mass is 32.2. The Bertz CT molecular complexity index is 1110. The number of nitrogens with zero attached hydrogens (tertiary/aromatic N) is 5. The molecular formula is C18H21N7O3S. The summed E-state index contributed by atoms with van der Waals surface area (Å²) in [6, 6.07) is 4.75. The predicted octanol–water partition coefficient (Wildman–Crippen LogP) is 1.41. The Morgan fingerprint density at radius 1 is 1.24 bits per heavy atom. The molecule has 2 aromatic heterocycles. The van der Waals surface area contributed by atoms with E-state index in [0.717, 1.165) is 11.8 Å². The average molecular weight is 415 g/mol. The number of anilines is 1. The van der Waals surface area contributed by atoms with Gasteiger partial charge in [0.05, 0.1) is 35.9 Å². The Morgan fingerprint density at radius 3 is 2.72 bits per heavy atom. The minimum absolute atomic E-state index is 0.187. The highest BCUT2D eigenvalue weighted by Gasteiger charge is 2.16. The topological polar surface area (TPSA) is 132 Å². The van der Waals surface area contributed by atoms with Crippen molar-refractivity contribution in [3.63, 3.8) is 0 Å². The molecule has 0 fully saturated rings. The van der Waals surface area contributed by atoms with Crippen LogP contribution in [0.25, 0.3) is 11.4 Å². The molecule has 0 spiro atoms. The Hall–Kier alpha value is -3.34. The molecular weight excluding hydrogens is 394 g/mol. The predicted molar refractivity (Wildman–Crippen MR) is 108 cm³/mol. The van der Waals surface area contributed by atoms with Gasteiger partial charge < -0.3 is 5.32 Å². The third kappa shape index (κ3) is 5.35. The van der Waals surface area contributed by atoms with Gasteiger partial charge in [-0.15, -0.1) is 5.10 Å². The van der Waals surface area contributed by atoms with Gasteiger partial charge in [-0.1, -0.05) is 16.8 Å². The zero-order valence-electron chi connectivity index (χ0n) is 16.2. The fourth-order valence-corrected chi connectivity index (χ4v) is 3.18. The Morgan fingerprint density at radius 2 is 2.03 bits per heavy atom. The molecule has 0 aliphatic heterocycles. The molecule has 0 saturated heterocycles. The second-order valence-corrected chi connectivity index (χ2v) is 8.41. The van der Waals surface area contributed by atoms with Crippen LogP contribution in [-0.4, -0.2) is 52.1 Å². The van der Waals surface area contributed by atoms with Gasteiger partial charge in [-0.25, -0.2) is 13.1 Å². The summed E-state index contributed by atoms with van der Waals surface area (Å²) in [6.07, 6.45) is 7.50. The molecule has 11 heteroatoms. The number of nitrogens with one attached hydrogen (secondary N) is 2. The molecule has 0 saturated carbocycles. The van der Waals surface area contributed by atoms with Crippen molar-refractivity contribution in [2.45, 2.75) is 19.9 Å². The van der Waals surface area contributed by atoms with Crippen molar-refractivity contribution in [1.29, 1.82) is 0 Å². The quantitative estimate of drug-likeness (QED) is 0.596. The van der Waals surface area contributed by atoms with Gasteiger partial charge in [0.1, 0.15) is 11.4 Å². The molecule has 152 valence electrons. The monoisotopic (exact) mass is 415 g/mol. The summed E-state index contributed by atoms with van der Waals surface area (Å²) < 4.78 is 27.1. The van der Waals surface area contributed by atoms with Gasteiger partial charge in [0.15, 0.2) is 0 Å². The van der Waals surface area contributed by atoms with Gasteiger partial charge in [0, 0.05) is 18.9 Å². The van der Waals surface area contributed by atoms with Crippen LogP contribution in [-0.2, 0) is 10.0 Å². The zero-order chi connectivity index (χ0) is 21.0. The lowest BCUT2D eigenvalue weighted by atomic mass is 10.1. The van der Waals surface area contributed by atoms with Crippen molar-refractivity contribution in [3.05, 3.63) is 54.1 Å². The normalized spacial score (nSPS) is 12.4. The van der Waals surface area contributed by atoms with E-state index < -0.39 is 10.0 Å². The summed E-state index contributed by atoms with van der Waals surface area (Å²) in [6.45, 7) is 3.97. The number of amides is 1. The van der Waals surface area contributed by atoms with Crippen molar-refractivity contribution >= 4 is 21.6 Å². The summed E-state index contributed by atoms with van der Waals surface area (Å²) in [7, 11) is -3.51. The summed E-state index contributed by atoms with van der Waals surface area (Å²) in [5, 5.41) is 11.0. The third-order valence-corrected chi connectivity index (χ3v) is 4.65. The highest BCUT2D eigenvalue weighted by Crippen LogP contribution is 2.19. The SMILES string of the molecule is Cc1ccc(NS(C)(=O)=O)c(C(=O)NCC(C)n2cc(-c3cnccn3)nn2)c1. The van der Waals surface area contributed by atoms with E-state index in [-0.39, 0.29) is 29.7 Å². The van der Waals surface area contributed by atoms with Gasteiger partial charge in [-0.05, 0) is 26.0 Å². The molecule has 1 aromatic carbocycles. The van der Waals surface area contributed by atoms with E-state index in [9.17, 15) is 13.2 Å². The minimum atomic E-state index is -3.51. The van der Waals surface area contributed by atoms with Crippen LogP contribution in [0.1, 0.15) is 28.9 Å². The maximum Gasteiger partial charge on any atom is 0.253 e. The maximum atomic E-state index is 12.7. The first-order valence-corrected chi connectivity index (χ1v) is 10.7. The van der Waals surface area contributed by atoms with E-state index in [4.69, 9.17) is 0 Å². The van der Waals surface area contributed by atoms with E-state index in [2.05, 4.69) is 30.3 Å². The maximum absolute atomic E-state index is 12.7. The molecule has 1 atom stereocenters. The van der Waals surface area contributed by atoms with Crippen LogP contribution in [0.15, 0.2) is 43.0 Å². The minimum Gasteiger partial charge on any atom is -0.350 e. The van der Waals surface area contributed by atoms with Crippen molar-refractivity contribution in [3.8, 4) is 11.4 Å². The molecule has 10 nitrogen and oxygen atoms in total. The second kappa shape index (κ2) is 8.35. The number of aromatic nitrogens is 5. The van der Waals surface area contributed by atoms with E-state index >= 15 is 0 Å². The van der Waals surface area contributed by atoms with Crippen molar-refractivity contribution < 1.29 is 13.2 Å². The first-order chi connectivity index (χ1) is 13.7. The molecule has 3 aromatic rings. The Kier molecular flexibility index (Phi) is 5.87. The molecule has 0 aliphatic carbocycles. The van der Waals surface area contributed by atoms with E-state index in [1.165, 1.54) is 0 Å². The largest absolute Gasteiger partial charge is 0.350 e.